The van der Waals surface area contributed by atoms with Crippen LogP contribution in [-0.2, 0) is 16.0 Å². The maximum absolute atomic E-state index is 12.6. The summed E-state index contributed by atoms with van der Waals surface area (Å²) in [6, 6.07) is 22.8. The zero-order valence-corrected chi connectivity index (χ0v) is 16.7. The fourth-order valence-corrected chi connectivity index (χ4v) is 2.91. The Morgan fingerprint density at radius 1 is 0.933 bits per heavy atom. The van der Waals surface area contributed by atoms with Crippen LogP contribution in [0.3, 0.4) is 0 Å². The van der Waals surface area contributed by atoms with Crippen molar-refractivity contribution < 1.29 is 19.1 Å². The predicted octanol–water partition coefficient (Wildman–Crippen LogP) is 4.16. The van der Waals surface area contributed by atoms with Gasteiger partial charge in [-0.3, -0.25) is 4.79 Å². The van der Waals surface area contributed by atoms with E-state index in [9.17, 15) is 9.59 Å². The molecule has 0 bridgehead atoms. The zero-order valence-electron chi connectivity index (χ0n) is 16.7. The summed E-state index contributed by atoms with van der Waals surface area (Å²) in [4.78, 5) is 24.7. The van der Waals surface area contributed by atoms with Crippen LogP contribution >= 0.6 is 0 Å². The minimum atomic E-state index is -0.799. The Morgan fingerprint density at radius 2 is 1.63 bits per heavy atom. The molecule has 3 aromatic carbocycles. The van der Waals surface area contributed by atoms with Crippen LogP contribution in [0, 0.1) is 0 Å². The van der Waals surface area contributed by atoms with Crippen LogP contribution in [0.4, 0.5) is 5.69 Å². The number of anilines is 1. The lowest BCUT2D eigenvalue weighted by atomic mass is 10.1. The zero-order chi connectivity index (χ0) is 21.3. The molecule has 1 amide bonds. The summed E-state index contributed by atoms with van der Waals surface area (Å²) in [5.74, 6) is 0.514. The van der Waals surface area contributed by atoms with Gasteiger partial charge in [0.1, 0.15) is 11.5 Å². The lowest BCUT2D eigenvalue weighted by Gasteiger charge is -2.15. The van der Waals surface area contributed by atoms with Gasteiger partial charge >= 0.3 is 5.97 Å². The van der Waals surface area contributed by atoms with Gasteiger partial charge in [-0.2, -0.15) is 0 Å². The Kier molecular flexibility index (Phi) is 7.19. The number of carbonyl (C=O) groups excluding carboxylic acids is 2. The van der Waals surface area contributed by atoms with Crippen molar-refractivity contribution in [3.05, 3.63) is 90.0 Å². The maximum Gasteiger partial charge on any atom is 0.340 e. The van der Waals surface area contributed by atoms with Crippen LogP contribution in [-0.4, -0.2) is 24.5 Å². The van der Waals surface area contributed by atoms with E-state index in [2.05, 4.69) is 5.32 Å². The molecule has 0 saturated carbocycles. The minimum Gasteiger partial charge on any atom is -0.462 e. The first-order chi connectivity index (χ1) is 14.6. The van der Waals surface area contributed by atoms with Gasteiger partial charge in [0.15, 0.2) is 0 Å². The molecular formula is C24H24N2O4. The number of nitrogens with two attached hydrogens (primary N) is 1. The molecule has 0 aliphatic rings. The van der Waals surface area contributed by atoms with Gasteiger partial charge in [0.25, 0.3) is 0 Å². The van der Waals surface area contributed by atoms with E-state index in [1.165, 1.54) is 0 Å². The molecule has 0 fully saturated rings. The number of carbonyl (C=O) groups is 2. The van der Waals surface area contributed by atoms with Crippen LogP contribution in [0.15, 0.2) is 78.9 Å². The summed E-state index contributed by atoms with van der Waals surface area (Å²) in [6.45, 7) is 1.98. The average molecular weight is 404 g/mol. The van der Waals surface area contributed by atoms with Crippen molar-refractivity contribution in [1.29, 1.82) is 0 Å². The predicted molar refractivity (Wildman–Crippen MR) is 116 cm³/mol. The normalized spacial score (nSPS) is 11.4. The van der Waals surface area contributed by atoms with E-state index in [0.29, 0.717) is 17.9 Å². The summed E-state index contributed by atoms with van der Waals surface area (Å²) >= 11 is 0. The van der Waals surface area contributed by atoms with E-state index < -0.39 is 12.0 Å². The van der Waals surface area contributed by atoms with Crippen molar-refractivity contribution >= 4 is 17.6 Å². The quantitative estimate of drug-likeness (QED) is 0.550. The standard InChI is InChI=1S/C24H24N2O4/c1-2-29-24(28)20-13-6-7-14-22(20)26-23(27)21(25)16-17-9-8-12-19(15-17)30-18-10-4-3-5-11-18/h3-15,21H,2,16,25H2,1H3,(H,26,27). The highest BCUT2D eigenvalue weighted by Crippen LogP contribution is 2.22. The summed E-state index contributed by atoms with van der Waals surface area (Å²) in [6.07, 6.45) is 0.319. The molecule has 6 heteroatoms. The van der Waals surface area contributed by atoms with Crippen LogP contribution in [0.1, 0.15) is 22.8 Å². The van der Waals surface area contributed by atoms with Crippen LogP contribution in [0.25, 0.3) is 0 Å². The SMILES string of the molecule is CCOC(=O)c1ccccc1NC(=O)C(N)Cc1cccc(Oc2ccccc2)c1. The molecule has 0 aliphatic carbocycles. The Bertz CT molecular complexity index is 1000. The van der Waals surface area contributed by atoms with Crippen molar-refractivity contribution in [2.24, 2.45) is 5.73 Å². The second-order valence-electron chi connectivity index (χ2n) is 6.63. The van der Waals surface area contributed by atoms with Crippen molar-refractivity contribution in [2.75, 3.05) is 11.9 Å². The number of rotatable bonds is 8. The number of amides is 1. The Hall–Kier alpha value is -3.64. The van der Waals surface area contributed by atoms with E-state index in [-0.39, 0.29) is 18.1 Å². The van der Waals surface area contributed by atoms with Gasteiger partial charge < -0.3 is 20.5 Å². The lowest BCUT2D eigenvalue weighted by molar-refractivity contribution is -0.117. The van der Waals surface area contributed by atoms with Crippen molar-refractivity contribution in [2.45, 2.75) is 19.4 Å². The minimum absolute atomic E-state index is 0.252. The fourth-order valence-electron chi connectivity index (χ4n) is 2.91. The van der Waals surface area contributed by atoms with E-state index in [4.69, 9.17) is 15.2 Å². The highest BCUT2D eigenvalue weighted by Gasteiger charge is 2.18. The largest absolute Gasteiger partial charge is 0.462 e. The van der Waals surface area contributed by atoms with Gasteiger partial charge in [-0.05, 0) is 55.3 Å². The van der Waals surface area contributed by atoms with Gasteiger partial charge in [-0.15, -0.1) is 0 Å². The first-order valence-corrected chi connectivity index (χ1v) is 9.71. The fraction of sp³-hybridized carbons (Fsp3) is 0.167. The molecule has 6 nitrogen and oxygen atoms in total. The summed E-state index contributed by atoms with van der Waals surface area (Å²) < 4.78 is 10.9. The number of hydrogen-bond donors (Lipinski definition) is 2. The van der Waals surface area contributed by atoms with Crippen molar-refractivity contribution in [3.63, 3.8) is 0 Å². The van der Waals surface area contributed by atoms with Gasteiger partial charge in [0.05, 0.1) is 23.9 Å². The third-order valence-corrected chi connectivity index (χ3v) is 4.35. The van der Waals surface area contributed by atoms with E-state index in [1.807, 2.05) is 54.6 Å². The molecule has 0 saturated heterocycles. The van der Waals surface area contributed by atoms with E-state index in [1.54, 1.807) is 31.2 Å². The van der Waals surface area contributed by atoms with Crippen LogP contribution in [0.2, 0.25) is 0 Å². The highest BCUT2D eigenvalue weighted by atomic mass is 16.5. The first-order valence-electron chi connectivity index (χ1n) is 9.71. The van der Waals surface area contributed by atoms with Gasteiger partial charge in [-0.1, -0.05) is 42.5 Å². The number of para-hydroxylation sites is 2. The number of esters is 1. The van der Waals surface area contributed by atoms with Crippen molar-refractivity contribution in [1.82, 2.24) is 0 Å². The Labute approximate surface area is 175 Å². The number of hydrogen-bond acceptors (Lipinski definition) is 5. The molecule has 0 radical (unpaired) electrons. The monoisotopic (exact) mass is 404 g/mol. The van der Waals surface area contributed by atoms with E-state index >= 15 is 0 Å². The molecular weight excluding hydrogens is 380 g/mol. The molecule has 0 aromatic heterocycles. The Morgan fingerprint density at radius 3 is 2.40 bits per heavy atom. The summed E-state index contributed by atoms with van der Waals surface area (Å²) in [5, 5.41) is 2.73. The van der Waals surface area contributed by atoms with Gasteiger partial charge in [0, 0.05) is 0 Å². The second kappa shape index (κ2) is 10.2. The third kappa shape index (κ3) is 5.68. The molecule has 3 rings (SSSR count). The summed E-state index contributed by atoms with van der Waals surface area (Å²) in [7, 11) is 0. The third-order valence-electron chi connectivity index (χ3n) is 4.35. The molecule has 0 spiro atoms. The Balaban J connectivity index is 1.65. The highest BCUT2D eigenvalue weighted by molar-refractivity contribution is 6.02. The smallest absolute Gasteiger partial charge is 0.340 e. The lowest BCUT2D eigenvalue weighted by Crippen LogP contribution is -2.37. The van der Waals surface area contributed by atoms with Crippen LogP contribution < -0.4 is 15.8 Å². The first kappa shape index (κ1) is 21.1. The van der Waals surface area contributed by atoms with E-state index in [0.717, 1.165) is 11.3 Å². The van der Waals surface area contributed by atoms with Gasteiger partial charge in [-0.25, -0.2) is 4.79 Å². The molecule has 0 aliphatic heterocycles. The molecule has 3 N–H and O–H groups in total. The number of ether oxygens (including phenoxy) is 2. The molecule has 30 heavy (non-hydrogen) atoms. The van der Waals surface area contributed by atoms with Crippen LogP contribution in [0.5, 0.6) is 11.5 Å². The molecule has 0 heterocycles. The molecule has 1 unspecified atom stereocenters. The average Bonchev–Trinajstić information content (AvgIpc) is 2.75. The molecule has 154 valence electrons. The summed E-state index contributed by atoms with van der Waals surface area (Å²) in [5.41, 5.74) is 7.64. The number of nitrogens with one attached hydrogen (secondary N) is 1. The van der Waals surface area contributed by atoms with Gasteiger partial charge in [0.2, 0.25) is 5.91 Å². The second-order valence-corrected chi connectivity index (χ2v) is 6.63. The molecule has 3 aromatic rings. The number of benzene rings is 3. The maximum atomic E-state index is 12.6. The molecule has 1 atom stereocenters. The topological polar surface area (TPSA) is 90.7 Å². The van der Waals surface area contributed by atoms with Crippen molar-refractivity contribution in [3.8, 4) is 11.5 Å².